The van der Waals surface area contributed by atoms with Gasteiger partial charge in [-0.3, -0.25) is 10.1 Å². The Hall–Kier alpha value is -2.89. The monoisotopic (exact) mass is 284 g/mol. The largest absolute Gasteiger partial charge is 0.326 e. The van der Waals surface area contributed by atoms with Gasteiger partial charge in [-0.2, -0.15) is 0 Å². The Balaban J connectivity index is 1.95. The summed E-state index contributed by atoms with van der Waals surface area (Å²) in [5, 5.41) is 7.99. The maximum atomic E-state index is 11.8. The van der Waals surface area contributed by atoms with E-state index in [9.17, 15) is 9.59 Å². The zero-order valence-corrected chi connectivity index (χ0v) is 11.8. The normalized spacial score (nSPS) is 9.81. The Morgan fingerprint density at radius 2 is 1.57 bits per heavy atom. The summed E-state index contributed by atoms with van der Waals surface area (Å²) in [5.74, 6) is 0.348. The fraction of sp³-hybridized carbons (Fsp3) is 0.133. The second kappa shape index (κ2) is 6.51. The van der Waals surface area contributed by atoms with E-state index >= 15 is 0 Å². The summed E-state index contributed by atoms with van der Waals surface area (Å²) in [6, 6.07) is 10.1. The number of nitrogens with one attached hydrogen (secondary N) is 3. The van der Waals surface area contributed by atoms with Gasteiger partial charge in [-0.15, -0.1) is 0 Å². The number of rotatable bonds is 3. The summed E-state index contributed by atoms with van der Waals surface area (Å²) in [6.07, 6.45) is 1.63. The van der Waals surface area contributed by atoms with Crippen LogP contribution in [0.4, 0.5) is 22.0 Å². The van der Waals surface area contributed by atoms with Gasteiger partial charge in [-0.1, -0.05) is 0 Å². The van der Waals surface area contributed by atoms with E-state index in [0.29, 0.717) is 17.2 Å². The molecule has 0 aliphatic heterocycles. The molecule has 21 heavy (non-hydrogen) atoms. The molecule has 0 atom stereocenters. The van der Waals surface area contributed by atoms with Crippen molar-refractivity contribution < 1.29 is 9.59 Å². The molecule has 6 nitrogen and oxygen atoms in total. The number of aryl methyl sites for hydroxylation is 1. The third-order valence-electron chi connectivity index (χ3n) is 2.62. The highest BCUT2D eigenvalue weighted by molar-refractivity contribution is 5.99. The molecule has 3 N–H and O–H groups in total. The Labute approximate surface area is 122 Å². The smallest absolute Gasteiger partial charge is 0.324 e. The number of urea groups is 1. The minimum Gasteiger partial charge on any atom is -0.326 e. The number of hydrogen-bond acceptors (Lipinski definition) is 3. The average Bonchev–Trinajstić information content (AvgIpc) is 2.40. The number of nitrogens with zero attached hydrogens (tertiary/aromatic N) is 1. The molecule has 0 unspecified atom stereocenters. The van der Waals surface area contributed by atoms with E-state index in [4.69, 9.17) is 0 Å². The van der Waals surface area contributed by atoms with Gasteiger partial charge in [0.05, 0.1) is 0 Å². The van der Waals surface area contributed by atoms with E-state index in [0.717, 1.165) is 5.56 Å². The molecule has 0 aliphatic rings. The summed E-state index contributed by atoms with van der Waals surface area (Å²) < 4.78 is 0. The van der Waals surface area contributed by atoms with Gasteiger partial charge in [0.15, 0.2) is 0 Å². The van der Waals surface area contributed by atoms with Gasteiger partial charge in [0, 0.05) is 24.5 Å². The van der Waals surface area contributed by atoms with Crippen molar-refractivity contribution in [2.75, 3.05) is 16.0 Å². The number of pyridine rings is 1. The topological polar surface area (TPSA) is 83.1 Å². The van der Waals surface area contributed by atoms with Crippen LogP contribution in [0, 0.1) is 6.92 Å². The first kappa shape index (κ1) is 14.5. The van der Waals surface area contributed by atoms with Crippen molar-refractivity contribution >= 4 is 29.1 Å². The maximum absolute atomic E-state index is 11.8. The standard InChI is InChI=1S/C15H16N4O2/c1-10-7-8-16-14(9-10)19-15(21)18-13-5-3-12(4-6-13)17-11(2)20/h3-9H,1-2H3,(H,17,20)(H2,16,18,19,21). The molecule has 2 rings (SSSR count). The van der Waals surface area contributed by atoms with Gasteiger partial charge in [0.2, 0.25) is 5.91 Å². The number of carbonyl (C=O) groups is 2. The fourth-order valence-corrected chi connectivity index (χ4v) is 1.72. The van der Waals surface area contributed by atoms with Crippen LogP contribution in [-0.2, 0) is 4.79 Å². The molecule has 1 aromatic heterocycles. The first-order valence-electron chi connectivity index (χ1n) is 6.41. The summed E-state index contributed by atoms with van der Waals surface area (Å²) in [7, 11) is 0. The van der Waals surface area contributed by atoms with E-state index in [1.54, 1.807) is 36.5 Å². The van der Waals surface area contributed by atoms with E-state index in [-0.39, 0.29) is 11.9 Å². The number of hydrogen-bond donors (Lipinski definition) is 3. The van der Waals surface area contributed by atoms with E-state index in [2.05, 4.69) is 20.9 Å². The van der Waals surface area contributed by atoms with Crippen molar-refractivity contribution in [1.82, 2.24) is 4.98 Å². The molecule has 1 aromatic carbocycles. The van der Waals surface area contributed by atoms with Crippen LogP contribution in [0.5, 0.6) is 0 Å². The second-order valence-corrected chi connectivity index (χ2v) is 4.56. The quantitative estimate of drug-likeness (QED) is 0.810. The molecule has 0 aliphatic carbocycles. The van der Waals surface area contributed by atoms with E-state index in [1.807, 2.05) is 13.0 Å². The van der Waals surface area contributed by atoms with Crippen LogP contribution in [-0.4, -0.2) is 16.9 Å². The lowest BCUT2D eigenvalue weighted by Crippen LogP contribution is -2.20. The number of carbonyl (C=O) groups excluding carboxylic acids is 2. The van der Waals surface area contributed by atoms with Gasteiger partial charge in [0.1, 0.15) is 5.82 Å². The van der Waals surface area contributed by atoms with Crippen LogP contribution in [0.2, 0.25) is 0 Å². The van der Waals surface area contributed by atoms with Gasteiger partial charge >= 0.3 is 6.03 Å². The lowest BCUT2D eigenvalue weighted by molar-refractivity contribution is -0.114. The average molecular weight is 284 g/mol. The van der Waals surface area contributed by atoms with Gasteiger partial charge < -0.3 is 10.6 Å². The van der Waals surface area contributed by atoms with Crippen molar-refractivity contribution in [1.29, 1.82) is 0 Å². The number of benzene rings is 1. The van der Waals surface area contributed by atoms with E-state index in [1.165, 1.54) is 6.92 Å². The van der Waals surface area contributed by atoms with Crippen LogP contribution >= 0.6 is 0 Å². The van der Waals surface area contributed by atoms with Crippen LogP contribution in [0.15, 0.2) is 42.6 Å². The van der Waals surface area contributed by atoms with Crippen molar-refractivity contribution in [3.8, 4) is 0 Å². The number of aromatic nitrogens is 1. The van der Waals surface area contributed by atoms with Crippen LogP contribution in [0.1, 0.15) is 12.5 Å². The van der Waals surface area contributed by atoms with Crippen LogP contribution in [0.25, 0.3) is 0 Å². The lowest BCUT2D eigenvalue weighted by Gasteiger charge is -2.08. The number of amides is 3. The van der Waals surface area contributed by atoms with Gasteiger partial charge in [-0.05, 0) is 48.9 Å². The molecule has 1 heterocycles. The molecule has 3 amide bonds. The predicted octanol–water partition coefficient (Wildman–Crippen LogP) is 2.99. The molecular formula is C15H16N4O2. The van der Waals surface area contributed by atoms with Gasteiger partial charge in [0.25, 0.3) is 0 Å². The molecule has 0 radical (unpaired) electrons. The van der Waals surface area contributed by atoms with Crippen molar-refractivity contribution in [3.05, 3.63) is 48.2 Å². The molecule has 108 valence electrons. The van der Waals surface area contributed by atoms with E-state index < -0.39 is 0 Å². The molecule has 0 saturated heterocycles. The lowest BCUT2D eigenvalue weighted by atomic mass is 10.3. The Bertz CT molecular complexity index is 653. The number of anilines is 3. The molecule has 0 bridgehead atoms. The zero-order valence-electron chi connectivity index (χ0n) is 11.8. The second-order valence-electron chi connectivity index (χ2n) is 4.56. The first-order valence-corrected chi connectivity index (χ1v) is 6.41. The SMILES string of the molecule is CC(=O)Nc1ccc(NC(=O)Nc2cc(C)ccn2)cc1. The summed E-state index contributed by atoms with van der Waals surface area (Å²) in [4.78, 5) is 26.8. The van der Waals surface area contributed by atoms with Crippen molar-refractivity contribution in [2.24, 2.45) is 0 Å². The minimum absolute atomic E-state index is 0.140. The Morgan fingerprint density at radius 3 is 2.14 bits per heavy atom. The maximum Gasteiger partial charge on any atom is 0.324 e. The van der Waals surface area contributed by atoms with Crippen molar-refractivity contribution in [3.63, 3.8) is 0 Å². The fourth-order valence-electron chi connectivity index (χ4n) is 1.72. The van der Waals surface area contributed by atoms with Crippen molar-refractivity contribution in [2.45, 2.75) is 13.8 Å². The van der Waals surface area contributed by atoms with Crippen LogP contribution in [0.3, 0.4) is 0 Å². The molecule has 2 aromatic rings. The van der Waals surface area contributed by atoms with Gasteiger partial charge in [-0.25, -0.2) is 9.78 Å². The van der Waals surface area contributed by atoms with Crippen LogP contribution < -0.4 is 16.0 Å². The Kier molecular flexibility index (Phi) is 4.50. The molecule has 6 heteroatoms. The molecule has 0 saturated carbocycles. The third-order valence-corrected chi connectivity index (χ3v) is 2.62. The predicted molar refractivity (Wildman–Crippen MR) is 82.4 cm³/mol. The highest BCUT2D eigenvalue weighted by Crippen LogP contribution is 2.14. The molecular weight excluding hydrogens is 268 g/mol. The summed E-state index contributed by atoms with van der Waals surface area (Å²) in [6.45, 7) is 3.36. The first-order chi connectivity index (χ1) is 10.0. The molecule has 0 spiro atoms. The highest BCUT2D eigenvalue weighted by Gasteiger charge is 2.04. The zero-order chi connectivity index (χ0) is 15.2. The molecule has 0 fully saturated rings. The third kappa shape index (κ3) is 4.61. The summed E-state index contributed by atoms with van der Waals surface area (Å²) in [5.41, 5.74) is 2.31. The minimum atomic E-state index is -0.375. The highest BCUT2D eigenvalue weighted by atomic mass is 16.2. The Morgan fingerprint density at radius 1 is 0.952 bits per heavy atom. The summed E-state index contributed by atoms with van der Waals surface area (Å²) >= 11 is 0.